The number of carbonyl (C=O) groups is 2. The van der Waals surface area contributed by atoms with Gasteiger partial charge in [0.2, 0.25) is 5.91 Å². The van der Waals surface area contributed by atoms with Crippen LogP contribution in [-0.2, 0) is 14.9 Å². The highest BCUT2D eigenvalue weighted by Gasteiger charge is 2.47. The molecule has 2 aromatic rings. The Morgan fingerprint density at radius 2 is 1.89 bits per heavy atom. The normalized spacial score (nSPS) is 22.0. The van der Waals surface area contributed by atoms with E-state index in [1.54, 1.807) is 4.90 Å². The zero-order valence-electron chi connectivity index (χ0n) is 21.0. The monoisotopic (exact) mass is 550 g/mol. The Labute approximate surface area is 220 Å². The molecule has 3 heterocycles. The van der Waals surface area contributed by atoms with E-state index >= 15 is 0 Å². The van der Waals surface area contributed by atoms with Crippen LogP contribution in [0.5, 0.6) is 0 Å². The minimum Gasteiger partial charge on any atom is -0.449 e. The summed E-state index contributed by atoms with van der Waals surface area (Å²) in [5.74, 6) is -0.0519. The number of unbranched alkanes of at least 4 members (excludes halogenated alkanes) is 1. The number of halogens is 1. The lowest BCUT2D eigenvalue weighted by molar-refractivity contribution is -0.121. The SMILES string of the molecule is CCCCOC(=O)N1C2CCC1CN(c1ccc3c(c1)N(c1cccc(Br)c1C#N)C(=O)C3(C)C)C2. The molecular weight excluding hydrogens is 520 g/mol. The Morgan fingerprint density at radius 3 is 2.56 bits per heavy atom. The van der Waals surface area contributed by atoms with Gasteiger partial charge in [-0.1, -0.05) is 25.5 Å². The van der Waals surface area contributed by atoms with Crippen LogP contribution in [0.2, 0.25) is 0 Å². The van der Waals surface area contributed by atoms with E-state index in [1.165, 1.54) is 0 Å². The van der Waals surface area contributed by atoms with Gasteiger partial charge in [-0.25, -0.2) is 4.79 Å². The molecule has 3 aliphatic heterocycles. The van der Waals surface area contributed by atoms with Gasteiger partial charge >= 0.3 is 6.09 Å². The highest BCUT2D eigenvalue weighted by Crippen LogP contribution is 2.48. The van der Waals surface area contributed by atoms with Crippen molar-refractivity contribution in [3.63, 3.8) is 0 Å². The third-order valence-electron chi connectivity index (χ3n) is 7.76. The first-order valence-corrected chi connectivity index (χ1v) is 13.4. The van der Waals surface area contributed by atoms with Crippen molar-refractivity contribution in [1.29, 1.82) is 5.26 Å². The zero-order chi connectivity index (χ0) is 25.6. The lowest BCUT2D eigenvalue weighted by Gasteiger charge is -2.41. The van der Waals surface area contributed by atoms with E-state index in [1.807, 2.05) is 43.0 Å². The predicted molar refractivity (Wildman–Crippen MR) is 143 cm³/mol. The van der Waals surface area contributed by atoms with E-state index in [4.69, 9.17) is 4.74 Å². The Hall–Kier alpha value is -3.05. The number of hydrogen-bond acceptors (Lipinski definition) is 5. The molecule has 0 aromatic heterocycles. The van der Waals surface area contributed by atoms with Crippen LogP contribution in [0.4, 0.5) is 21.9 Å². The molecule has 5 rings (SSSR count). The Kier molecular flexibility index (Phi) is 6.46. The first kappa shape index (κ1) is 24.6. The number of amides is 2. The van der Waals surface area contributed by atoms with Crippen molar-refractivity contribution in [3.05, 3.63) is 52.0 Å². The molecule has 0 aliphatic carbocycles. The van der Waals surface area contributed by atoms with E-state index < -0.39 is 5.41 Å². The third kappa shape index (κ3) is 3.94. The summed E-state index contributed by atoms with van der Waals surface area (Å²) in [4.78, 5) is 32.3. The summed E-state index contributed by atoms with van der Waals surface area (Å²) in [5, 5.41) is 9.82. The van der Waals surface area contributed by atoms with Crippen LogP contribution in [0.1, 0.15) is 57.6 Å². The summed E-state index contributed by atoms with van der Waals surface area (Å²) in [6.07, 6.45) is 3.62. The van der Waals surface area contributed by atoms with Gasteiger partial charge in [-0.15, -0.1) is 0 Å². The number of carbonyl (C=O) groups excluding carboxylic acids is 2. The molecule has 0 N–H and O–H groups in total. The van der Waals surface area contributed by atoms with Gasteiger partial charge < -0.3 is 9.64 Å². The van der Waals surface area contributed by atoms with Crippen LogP contribution in [0.3, 0.4) is 0 Å². The molecule has 3 aliphatic rings. The molecule has 2 fully saturated rings. The predicted octanol–water partition coefficient (Wildman–Crippen LogP) is 5.87. The van der Waals surface area contributed by atoms with Gasteiger partial charge in [0, 0.05) is 23.2 Å². The second-order valence-corrected chi connectivity index (χ2v) is 11.2. The quantitative estimate of drug-likeness (QED) is 0.435. The number of fused-ring (bicyclic) bond motifs is 3. The number of piperazine rings is 1. The molecule has 2 bridgehead atoms. The van der Waals surface area contributed by atoms with E-state index in [-0.39, 0.29) is 24.1 Å². The maximum absolute atomic E-state index is 13.6. The Balaban J connectivity index is 1.45. The second kappa shape index (κ2) is 9.44. The minimum atomic E-state index is -0.705. The lowest BCUT2D eigenvalue weighted by Crippen LogP contribution is -2.56. The van der Waals surface area contributed by atoms with E-state index in [0.29, 0.717) is 22.3 Å². The Morgan fingerprint density at radius 1 is 1.17 bits per heavy atom. The van der Waals surface area contributed by atoms with Gasteiger partial charge in [-0.05, 0) is 78.9 Å². The minimum absolute atomic E-state index is 0.0519. The van der Waals surface area contributed by atoms with E-state index in [9.17, 15) is 14.9 Å². The van der Waals surface area contributed by atoms with Crippen LogP contribution in [-0.4, -0.2) is 48.7 Å². The average molecular weight is 551 g/mol. The summed E-state index contributed by atoms with van der Waals surface area (Å²) in [5.41, 5.74) is 3.09. The third-order valence-corrected chi connectivity index (χ3v) is 8.42. The summed E-state index contributed by atoms with van der Waals surface area (Å²) >= 11 is 3.47. The zero-order valence-corrected chi connectivity index (χ0v) is 22.5. The number of nitrogens with zero attached hydrogens (tertiary/aromatic N) is 4. The van der Waals surface area contributed by atoms with E-state index in [0.717, 1.165) is 55.7 Å². The van der Waals surface area contributed by atoms with Gasteiger partial charge in [-0.3, -0.25) is 14.6 Å². The molecule has 8 heteroatoms. The van der Waals surface area contributed by atoms with Gasteiger partial charge in [0.05, 0.1) is 41.0 Å². The molecule has 7 nitrogen and oxygen atoms in total. The fraction of sp³-hybridized carbons (Fsp3) is 0.464. The number of rotatable bonds is 5. The van der Waals surface area contributed by atoms with Crippen LogP contribution >= 0.6 is 15.9 Å². The molecule has 2 amide bonds. The smallest absolute Gasteiger partial charge is 0.410 e. The largest absolute Gasteiger partial charge is 0.449 e. The van der Waals surface area contributed by atoms with Crippen LogP contribution < -0.4 is 9.80 Å². The fourth-order valence-corrected chi connectivity index (χ4v) is 6.22. The van der Waals surface area contributed by atoms with Gasteiger partial charge in [0.15, 0.2) is 0 Å². The van der Waals surface area contributed by atoms with Crippen molar-refractivity contribution in [2.45, 2.75) is 64.0 Å². The Bertz CT molecular complexity index is 1240. The number of hydrogen-bond donors (Lipinski definition) is 0. The molecule has 0 radical (unpaired) electrons. The lowest BCUT2D eigenvalue weighted by atomic mass is 9.86. The van der Waals surface area contributed by atoms with Crippen molar-refractivity contribution < 1.29 is 14.3 Å². The molecule has 188 valence electrons. The maximum atomic E-state index is 13.6. The summed E-state index contributed by atoms with van der Waals surface area (Å²) in [6, 6.07) is 14.2. The van der Waals surface area contributed by atoms with Crippen molar-refractivity contribution in [2.24, 2.45) is 0 Å². The molecular formula is C28H31BrN4O3. The highest BCUT2D eigenvalue weighted by molar-refractivity contribution is 9.10. The van der Waals surface area contributed by atoms with Gasteiger partial charge in [0.1, 0.15) is 6.07 Å². The average Bonchev–Trinajstić information content (AvgIpc) is 3.24. The molecule has 0 spiro atoms. The van der Waals surface area contributed by atoms with Crippen LogP contribution in [0.15, 0.2) is 40.9 Å². The number of anilines is 3. The first-order valence-electron chi connectivity index (χ1n) is 12.7. The summed E-state index contributed by atoms with van der Waals surface area (Å²) < 4.78 is 6.19. The highest BCUT2D eigenvalue weighted by atomic mass is 79.9. The summed E-state index contributed by atoms with van der Waals surface area (Å²) in [6.45, 7) is 7.88. The molecule has 2 aromatic carbocycles. The van der Waals surface area contributed by atoms with Crippen LogP contribution in [0.25, 0.3) is 0 Å². The van der Waals surface area contributed by atoms with Crippen molar-refractivity contribution in [2.75, 3.05) is 29.5 Å². The van der Waals surface area contributed by atoms with Crippen molar-refractivity contribution in [3.8, 4) is 6.07 Å². The molecule has 2 saturated heterocycles. The molecule has 0 saturated carbocycles. The molecule has 2 atom stereocenters. The topological polar surface area (TPSA) is 76.9 Å². The maximum Gasteiger partial charge on any atom is 0.410 e. The summed E-state index contributed by atoms with van der Waals surface area (Å²) in [7, 11) is 0. The van der Waals surface area contributed by atoms with Crippen LogP contribution in [0, 0.1) is 11.3 Å². The number of nitriles is 1. The first-order chi connectivity index (χ1) is 17.3. The fourth-order valence-electron chi connectivity index (χ4n) is 5.77. The van der Waals surface area contributed by atoms with Gasteiger partial charge in [0.25, 0.3) is 0 Å². The number of ether oxygens (including phenoxy) is 1. The van der Waals surface area contributed by atoms with Gasteiger partial charge in [-0.2, -0.15) is 5.26 Å². The number of benzene rings is 2. The van der Waals surface area contributed by atoms with Crippen molar-refractivity contribution >= 4 is 45.0 Å². The molecule has 36 heavy (non-hydrogen) atoms. The van der Waals surface area contributed by atoms with E-state index in [2.05, 4.69) is 46.0 Å². The van der Waals surface area contributed by atoms with Crippen molar-refractivity contribution in [1.82, 2.24) is 4.90 Å². The molecule has 2 unspecified atom stereocenters. The second-order valence-electron chi connectivity index (χ2n) is 10.4. The standard InChI is InChI=1S/C28H31BrN4O3/c1-4-5-13-36-27(35)32-19-9-10-20(32)17-31(16-19)18-11-12-22-25(14-18)33(26(34)28(22,2)3)24-8-6-7-23(29)21(24)15-30/h6-8,11-12,14,19-20H,4-5,9-10,13,16-17H2,1-3H3.